The van der Waals surface area contributed by atoms with E-state index < -0.39 is 57.3 Å². The van der Waals surface area contributed by atoms with E-state index in [1.54, 1.807) is 0 Å². The van der Waals surface area contributed by atoms with E-state index in [1.165, 1.54) is 25.2 Å². The summed E-state index contributed by atoms with van der Waals surface area (Å²) < 4.78 is 110. The molecule has 4 rings (SSSR count). The van der Waals surface area contributed by atoms with Crippen LogP contribution in [0, 0.1) is 5.82 Å². The lowest BCUT2D eigenvalue weighted by Crippen LogP contribution is -2.46. The number of carbonyl (C=O) groups excluding carboxylic acids is 1. The van der Waals surface area contributed by atoms with Gasteiger partial charge in [0.05, 0.1) is 21.8 Å². The summed E-state index contributed by atoms with van der Waals surface area (Å²) >= 11 is 0. The van der Waals surface area contributed by atoms with Crippen molar-refractivity contribution in [3.63, 3.8) is 0 Å². The third-order valence-corrected chi connectivity index (χ3v) is 7.19. The van der Waals surface area contributed by atoms with Crippen molar-refractivity contribution in [1.29, 1.82) is 0 Å². The van der Waals surface area contributed by atoms with E-state index in [-0.39, 0.29) is 22.5 Å². The molecule has 190 valence electrons. The normalized spacial score (nSPS) is 14.3. The number of rotatable bonds is 5. The van der Waals surface area contributed by atoms with Crippen molar-refractivity contribution in [3.8, 4) is 16.9 Å². The molecule has 1 aliphatic rings. The Morgan fingerprint density at radius 3 is 2.33 bits per heavy atom. The van der Waals surface area contributed by atoms with Gasteiger partial charge < -0.3 is 9.64 Å². The summed E-state index contributed by atoms with van der Waals surface area (Å²) in [5, 5.41) is 0. The van der Waals surface area contributed by atoms with Gasteiger partial charge in [0, 0.05) is 13.1 Å². The third kappa shape index (κ3) is 4.83. The van der Waals surface area contributed by atoms with E-state index in [0.29, 0.717) is 16.4 Å². The predicted molar refractivity (Wildman–Crippen MR) is 118 cm³/mol. The van der Waals surface area contributed by atoms with Gasteiger partial charge in [-0.25, -0.2) is 12.8 Å². The van der Waals surface area contributed by atoms with E-state index in [9.17, 15) is 39.6 Å². The van der Waals surface area contributed by atoms with E-state index >= 15 is 0 Å². The summed E-state index contributed by atoms with van der Waals surface area (Å²) in [6.45, 7) is -3.93. The minimum Gasteiger partial charge on any atom is -0.435 e. The van der Waals surface area contributed by atoms with Crippen LogP contribution in [0.3, 0.4) is 0 Å². The highest BCUT2D eigenvalue weighted by Gasteiger charge is 2.37. The fourth-order valence-electron chi connectivity index (χ4n) is 3.71. The average molecular weight is 530 g/mol. The van der Waals surface area contributed by atoms with Crippen LogP contribution >= 0.6 is 0 Å². The lowest BCUT2D eigenvalue weighted by atomic mass is 10.0. The molecule has 0 unspecified atom stereocenters. The van der Waals surface area contributed by atoms with Gasteiger partial charge in [0.15, 0.2) is 0 Å². The molecule has 36 heavy (non-hydrogen) atoms. The van der Waals surface area contributed by atoms with Gasteiger partial charge in [0.25, 0.3) is 10.0 Å². The minimum absolute atomic E-state index is 0.0596. The van der Waals surface area contributed by atoms with Crippen LogP contribution < -0.4 is 13.9 Å². The lowest BCUT2D eigenvalue weighted by molar-refractivity contribution is -0.137. The Labute approximate surface area is 201 Å². The number of anilines is 2. The van der Waals surface area contributed by atoms with Crippen LogP contribution in [0.5, 0.6) is 5.75 Å². The van der Waals surface area contributed by atoms with Crippen molar-refractivity contribution in [3.05, 3.63) is 72.0 Å². The first-order chi connectivity index (χ1) is 16.8. The van der Waals surface area contributed by atoms with Crippen LogP contribution in [0.15, 0.2) is 65.6 Å². The zero-order chi connectivity index (χ0) is 26.4. The van der Waals surface area contributed by atoms with E-state index in [2.05, 4.69) is 4.74 Å². The summed E-state index contributed by atoms with van der Waals surface area (Å²) in [5.41, 5.74) is -0.910. The number of fused-ring (bicyclic) bond motifs is 1. The highest BCUT2D eigenvalue weighted by molar-refractivity contribution is 7.92. The number of amides is 1. The third-order valence-electron chi connectivity index (χ3n) is 5.44. The first kappa shape index (κ1) is 25.4. The van der Waals surface area contributed by atoms with Crippen LogP contribution in [-0.2, 0) is 21.0 Å². The van der Waals surface area contributed by atoms with Crippen molar-refractivity contribution >= 4 is 27.3 Å². The second kappa shape index (κ2) is 9.04. The summed E-state index contributed by atoms with van der Waals surface area (Å²) in [4.78, 5) is 13.0. The Kier molecular flexibility index (Phi) is 6.37. The molecule has 0 saturated carbocycles. The number of halogens is 6. The number of nitrogens with zero attached hydrogens (tertiary/aromatic N) is 2. The van der Waals surface area contributed by atoms with Crippen LogP contribution in [0.1, 0.15) is 5.56 Å². The zero-order valence-electron chi connectivity index (χ0n) is 18.3. The SMILES string of the molecule is CN1C(=O)CN(S(=O)(=O)c2cccc(C(F)(F)F)c2)c2cc(-c3cc(F)cc(OC(F)F)c3)ccc21. The van der Waals surface area contributed by atoms with Crippen molar-refractivity contribution in [1.82, 2.24) is 0 Å². The molecular formula is C23H16F6N2O4S. The van der Waals surface area contributed by atoms with Crippen LogP contribution in [0.25, 0.3) is 11.1 Å². The summed E-state index contributed by atoms with van der Waals surface area (Å²) in [6, 6.07) is 9.96. The molecule has 3 aromatic carbocycles. The maximum Gasteiger partial charge on any atom is 0.416 e. The molecule has 0 aliphatic carbocycles. The molecule has 3 aromatic rings. The van der Waals surface area contributed by atoms with Crippen LogP contribution in [0.2, 0.25) is 0 Å². The number of likely N-dealkylation sites (N-methyl/N-ethyl adjacent to an activating group) is 1. The van der Waals surface area contributed by atoms with Gasteiger partial charge in [0.2, 0.25) is 5.91 Å². The first-order valence-corrected chi connectivity index (χ1v) is 11.6. The number of hydrogen-bond donors (Lipinski definition) is 0. The van der Waals surface area contributed by atoms with Gasteiger partial charge in [-0.1, -0.05) is 12.1 Å². The van der Waals surface area contributed by atoms with Crippen molar-refractivity contribution < 1.29 is 44.3 Å². The van der Waals surface area contributed by atoms with Gasteiger partial charge >= 0.3 is 12.8 Å². The fraction of sp³-hybridized carbons (Fsp3) is 0.174. The van der Waals surface area contributed by atoms with E-state index in [0.717, 1.165) is 35.2 Å². The summed E-state index contributed by atoms with van der Waals surface area (Å²) in [5.74, 6) is -2.02. The number of sulfonamides is 1. The van der Waals surface area contributed by atoms with Crippen LogP contribution in [0.4, 0.5) is 37.7 Å². The van der Waals surface area contributed by atoms with Crippen molar-refractivity contribution in [2.75, 3.05) is 22.8 Å². The van der Waals surface area contributed by atoms with E-state index in [1.807, 2.05) is 0 Å². The monoisotopic (exact) mass is 530 g/mol. The highest BCUT2D eigenvalue weighted by atomic mass is 32.2. The van der Waals surface area contributed by atoms with Gasteiger partial charge in [-0.05, 0) is 53.6 Å². The number of hydrogen-bond acceptors (Lipinski definition) is 4. The smallest absolute Gasteiger partial charge is 0.416 e. The highest BCUT2D eigenvalue weighted by Crippen LogP contribution is 2.40. The number of alkyl halides is 5. The maximum atomic E-state index is 14.1. The Morgan fingerprint density at radius 2 is 1.67 bits per heavy atom. The topological polar surface area (TPSA) is 66.9 Å². The summed E-state index contributed by atoms with van der Waals surface area (Å²) in [6.07, 6.45) is -4.80. The molecule has 0 N–H and O–H groups in total. The Morgan fingerprint density at radius 1 is 0.944 bits per heavy atom. The second-order valence-corrected chi connectivity index (χ2v) is 9.61. The maximum absolute atomic E-state index is 14.1. The Bertz CT molecular complexity index is 1440. The number of ether oxygens (including phenoxy) is 1. The molecular weight excluding hydrogens is 514 g/mol. The molecule has 0 fully saturated rings. The summed E-state index contributed by atoms with van der Waals surface area (Å²) in [7, 11) is -3.28. The lowest BCUT2D eigenvalue weighted by Gasteiger charge is -2.35. The Balaban J connectivity index is 1.84. The average Bonchev–Trinajstić information content (AvgIpc) is 2.79. The van der Waals surface area contributed by atoms with Gasteiger partial charge in [-0.2, -0.15) is 22.0 Å². The molecule has 0 radical (unpaired) electrons. The molecule has 0 saturated heterocycles. The van der Waals surface area contributed by atoms with Gasteiger partial charge in [-0.15, -0.1) is 0 Å². The molecule has 13 heteroatoms. The number of benzene rings is 3. The van der Waals surface area contributed by atoms with Gasteiger partial charge in [0.1, 0.15) is 18.1 Å². The second-order valence-electron chi connectivity index (χ2n) is 7.75. The molecule has 1 aliphatic heterocycles. The quantitative estimate of drug-likeness (QED) is 0.421. The van der Waals surface area contributed by atoms with E-state index in [4.69, 9.17) is 0 Å². The molecule has 6 nitrogen and oxygen atoms in total. The molecule has 1 heterocycles. The van der Waals surface area contributed by atoms with Crippen molar-refractivity contribution in [2.45, 2.75) is 17.7 Å². The molecule has 0 spiro atoms. The molecule has 0 bridgehead atoms. The van der Waals surface area contributed by atoms with Gasteiger partial charge in [-0.3, -0.25) is 9.10 Å². The molecule has 0 aromatic heterocycles. The minimum atomic E-state index is -4.80. The molecule has 1 amide bonds. The largest absolute Gasteiger partial charge is 0.435 e. The fourth-order valence-corrected chi connectivity index (χ4v) is 5.18. The molecule has 0 atom stereocenters. The van der Waals surface area contributed by atoms with Crippen molar-refractivity contribution in [2.24, 2.45) is 0 Å². The predicted octanol–water partition coefficient (Wildman–Crippen LogP) is 5.28. The zero-order valence-corrected chi connectivity index (χ0v) is 19.1. The standard InChI is InChI=1S/C23H16F6N2O4S/c1-30-19-6-5-13(14-7-16(24)11-17(8-14)35-22(25)26)9-20(19)31(12-21(30)32)36(33,34)18-4-2-3-15(10-18)23(27,28)29/h2-11,22H,12H2,1H3. The number of carbonyl (C=O) groups is 1. The van der Waals surface area contributed by atoms with Crippen LogP contribution in [-0.4, -0.2) is 34.5 Å². The Hall–Kier alpha value is -3.74. The first-order valence-electron chi connectivity index (χ1n) is 10.1.